The predicted molar refractivity (Wildman–Crippen MR) is 137 cm³/mol. The number of hydrogen-bond acceptors (Lipinski definition) is 3. The minimum Gasteiger partial charge on any atom is -0.416 e. The molecule has 0 fully saturated rings. The summed E-state index contributed by atoms with van der Waals surface area (Å²) in [5.41, 5.74) is 2.68. The summed E-state index contributed by atoms with van der Waals surface area (Å²) < 4.78 is 26.1. The minimum atomic E-state index is -3.40. The molecule has 0 aliphatic carbocycles. The zero-order chi connectivity index (χ0) is 23.9. The number of rotatable bonds is 11. The highest BCUT2D eigenvalue weighted by Crippen LogP contribution is 2.51. The number of hydrogen-bond donors (Lipinski definition) is 0. The van der Waals surface area contributed by atoms with Gasteiger partial charge in [-0.25, -0.2) is 4.57 Å². The second kappa shape index (κ2) is 11.4. The van der Waals surface area contributed by atoms with Crippen LogP contribution in [0.5, 0.6) is 11.5 Å². The largest absolute Gasteiger partial charge is 0.430 e. The van der Waals surface area contributed by atoms with Crippen LogP contribution in [0.3, 0.4) is 0 Å². The van der Waals surface area contributed by atoms with Crippen LogP contribution in [0.2, 0.25) is 0 Å². The Morgan fingerprint density at radius 3 is 1.44 bits per heavy atom. The summed E-state index contributed by atoms with van der Waals surface area (Å²) in [6.07, 6.45) is 3.49. The van der Waals surface area contributed by atoms with Crippen LogP contribution in [0.4, 0.5) is 0 Å². The van der Waals surface area contributed by atoms with E-state index in [0.29, 0.717) is 29.5 Å². The highest BCUT2D eigenvalue weighted by Gasteiger charge is 2.32. The average molecular weight is 459 g/mol. The number of benzene rings is 2. The van der Waals surface area contributed by atoms with E-state index >= 15 is 0 Å². The molecule has 1 unspecified atom stereocenters. The zero-order valence-electron chi connectivity index (χ0n) is 21.4. The van der Waals surface area contributed by atoms with Crippen molar-refractivity contribution >= 4 is 7.60 Å². The molecule has 0 radical (unpaired) electrons. The molecule has 2 aromatic carbocycles. The first kappa shape index (κ1) is 26.5. The lowest BCUT2D eigenvalue weighted by Gasteiger charge is -2.27. The van der Waals surface area contributed by atoms with E-state index in [1.54, 1.807) is 0 Å². The fraction of sp³-hybridized carbons (Fsp3) is 0.571. The Bertz CT molecular complexity index is 806. The van der Waals surface area contributed by atoms with Gasteiger partial charge in [0.1, 0.15) is 11.5 Å². The van der Waals surface area contributed by atoms with Crippen LogP contribution in [0, 0.1) is 11.3 Å². The molecule has 0 aliphatic heterocycles. The van der Waals surface area contributed by atoms with Gasteiger partial charge in [-0.3, -0.25) is 0 Å². The molecule has 0 spiro atoms. The van der Waals surface area contributed by atoms with Crippen molar-refractivity contribution < 1.29 is 13.6 Å². The van der Waals surface area contributed by atoms with Gasteiger partial charge < -0.3 is 9.05 Å². The van der Waals surface area contributed by atoms with Crippen molar-refractivity contribution in [1.29, 1.82) is 0 Å². The maximum atomic E-state index is 14.0. The smallest absolute Gasteiger partial charge is 0.416 e. The zero-order valence-corrected chi connectivity index (χ0v) is 22.2. The molecule has 0 bridgehead atoms. The van der Waals surface area contributed by atoms with Gasteiger partial charge in [0.05, 0.1) is 6.16 Å². The lowest BCUT2D eigenvalue weighted by Crippen LogP contribution is -2.17. The first-order valence-electron chi connectivity index (χ1n) is 12.1. The predicted octanol–water partition coefficient (Wildman–Crippen LogP) is 9.44. The van der Waals surface area contributed by atoms with E-state index in [0.717, 1.165) is 19.3 Å². The molecule has 32 heavy (non-hydrogen) atoms. The summed E-state index contributed by atoms with van der Waals surface area (Å²) in [5.74, 6) is 2.38. The average Bonchev–Trinajstić information content (AvgIpc) is 2.71. The first-order valence-corrected chi connectivity index (χ1v) is 13.9. The standard InChI is InChI=1S/C28H43O3P/c1-9-22(4)24-11-15-26(16-12-24)30-32(29,20-21(3)19-28(6,7)8)31-27-17-13-25(14-18-27)23(5)10-2/h11-18,21-23H,9-10,19-20H2,1-8H3/t21-,22-,23+,32?/m0/s1. The Morgan fingerprint density at radius 1 is 0.750 bits per heavy atom. The van der Waals surface area contributed by atoms with Crippen LogP contribution < -0.4 is 9.05 Å². The minimum absolute atomic E-state index is 0.153. The Kier molecular flexibility index (Phi) is 9.46. The Morgan fingerprint density at radius 2 is 1.12 bits per heavy atom. The van der Waals surface area contributed by atoms with Crippen molar-refractivity contribution in [3.63, 3.8) is 0 Å². The van der Waals surface area contributed by atoms with Gasteiger partial charge in [-0.05, 0) is 77.8 Å². The van der Waals surface area contributed by atoms with E-state index in [4.69, 9.17) is 9.05 Å². The second-order valence-corrected chi connectivity index (χ2v) is 12.6. The van der Waals surface area contributed by atoms with E-state index < -0.39 is 7.60 Å². The van der Waals surface area contributed by atoms with Crippen molar-refractivity contribution in [2.75, 3.05) is 6.16 Å². The molecule has 0 heterocycles. The summed E-state index contributed by atoms with van der Waals surface area (Å²) >= 11 is 0. The summed E-state index contributed by atoms with van der Waals surface area (Å²) in [6, 6.07) is 15.9. The molecular formula is C28H43O3P. The monoisotopic (exact) mass is 458 g/mol. The van der Waals surface area contributed by atoms with Crippen LogP contribution in [0.1, 0.15) is 97.6 Å². The Hall–Kier alpha value is -1.73. The third-order valence-corrected chi connectivity index (χ3v) is 8.16. The lowest BCUT2D eigenvalue weighted by molar-refractivity contribution is 0.308. The fourth-order valence-electron chi connectivity index (χ4n) is 4.09. The van der Waals surface area contributed by atoms with Crippen LogP contribution >= 0.6 is 7.60 Å². The fourth-order valence-corrected chi connectivity index (χ4v) is 6.06. The quantitative estimate of drug-likeness (QED) is 0.315. The van der Waals surface area contributed by atoms with Gasteiger partial charge in [0.2, 0.25) is 0 Å². The molecule has 0 aliphatic rings. The van der Waals surface area contributed by atoms with E-state index in [9.17, 15) is 4.57 Å². The molecule has 0 aromatic heterocycles. The topological polar surface area (TPSA) is 35.5 Å². The van der Waals surface area contributed by atoms with Gasteiger partial charge in [-0.15, -0.1) is 0 Å². The molecule has 0 saturated heterocycles. The molecule has 2 aromatic rings. The maximum absolute atomic E-state index is 14.0. The van der Waals surface area contributed by atoms with Gasteiger partial charge in [-0.2, -0.15) is 0 Å². The molecule has 0 N–H and O–H groups in total. The van der Waals surface area contributed by atoms with Gasteiger partial charge in [0.15, 0.2) is 0 Å². The highest BCUT2D eigenvalue weighted by molar-refractivity contribution is 7.54. The lowest BCUT2D eigenvalue weighted by atomic mass is 9.86. The van der Waals surface area contributed by atoms with E-state index in [2.05, 4.69) is 79.7 Å². The van der Waals surface area contributed by atoms with Gasteiger partial charge in [0, 0.05) is 0 Å². The summed E-state index contributed by atoms with van der Waals surface area (Å²) in [4.78, 5) is 0. The SMILES string of the molecule is CC[C@@H](C)c1ccc(OP(=O)(C[C@@H](C)CC(C)(C)C)Oc2ccc([C@@H](C)CC)cc2)cc1. The first-order chi connectivity index (χ1) is 14.9. The third-order valence-electron chi connectivity index (χ3n) is 6.11. The van der Waals surface area contributed by atoms with Crippen LogP contribution in [-0.2, 0) is 4.57 Å². The third kappa shape index (κ3) is 8.32. The van der Waals surface area contributed by atoms with Gasteiger partial charge in [0.25, 0.3) is 0 Å². The van der Waals surface area contributed by atoms with Gasteiger partial charge in [-0.1, -0.05) is 79.7 Å². The Labute approximate surface area is 196 Å². The normalized spacial score (nSPS) is 16.6. The van der Waals surface area contributed by atoms with Crippen LogP contribution in [0.25, 0.3) is 0 Å². The van der Waals surface area contributed by atoms with Crippen molar-refractivity contribution in [2.24, 2.45) is 11.3 Å². The molecule has 0 saturated carbocycles. The van der Waals surface area contributed by atoms with Crippen molar-refractivity contribution in [1.82, 2.24) is 0 Å². The second-order valence-electron chi connectivity index (χ2n) is 10.6. The van der Waals surface area contributed by atoms with Crippen LogP contribution in [-0.4, -0.2) is 6.16 Å². The molecular weight excluding hydrogens is 415 g/mol. The summed E-state index contributed by atoms with van der Waals surface area (Å²) in [7, 11) is -3.40. The van der Waals surface area contributed by atoms with Crippen molar-refractivity contribution in [2.45, 2.75) is 86.5 Å². The molecule has 178 valence electrons. The van der Waals surface area contributed by atoms with Crippen molar-refractivity contribution in [3.8, 4) is 11.5 Å². The van der Waals surface area contributed by atoms with Gasteiger partial charge >= 0.3 is 7.60 Å². The molecule has 3 nitrogen and oxygen atoms in total. The van der Waals surface area contributed by atoms with E-state index in [-0.39, 0.29) is 11.3 Å². The summed E-state index contributed by atoms with van der Waals surface area (Å²) in [5, 5.41) is 0. The summed E-state index contributed by atoms with van der Waals surface area (Å²) in [6.45, 7) is 17.5. The Balaban J connectivity index is 2.25. The van der Waals surface area contributed by atoms with Crippen LogP contribution in [0.15, 0.2) is 48.5 Å². The molecule has 2 rings (SSSR count). The molecule has 4 heteroatoms. The molecule has 0 amide bonds. The highest BCUT2D eigenvalue weighted by atomic mass is 31.2. The van der Waals surface area contributed by atoms with Crippen molar-refractivity contribution in [3.05, 3.63) is 59.7 Å². The van der Waals surface area contributed by atoms with E-state index in [1.165, 1.54) is 11.1 Å². The maximum Gasteiger partial charge on any atom is 0.430 e. The molecule has 4 atom stereocenters. The van der Waals surface area contributed by atoms with E-state index in [1.807, 2.05) is 24.3 Å².